The third-order valence-electron chi connectivity index (χ3n) is 4.25. The van der Waals surface area contributed by atoms with Crippen LogP contribution in [-0.4, -0.2) is 32.2 Å². The lowest BCUT2D eigenvalue weighted by molar-refractivity contribution is -0.118. The molecule has 4 aromatic rings. The lowest BCUT2D eigenvalue weighted by atomic mass is 10.1. The van der Waals surface area contributed by atoms with Crippen LogP contribution in [0.1, 0.15) is 0 Å². The van der Waals surface area contributed by atoms with Crippen LogP contribution in [0.4, 0.5) is 5.69 Å². The number of nitrogens with zero attached hydrogens (tertiary/aromatic N) is 2. The van der Waals surface area contributed by atoms with Crippen LogP contribution < -0.4 is 10.9 Å². The van der Waals surface area contributed by atoms with Crippen LogP contribution in [0.25, 0.3) is 27.8 Å². The van der Waals surface area contributed by atoms with E-state index in [9.17, 15) is 9.59 Å². The summed E-state index contributed by atoms with van der Waals surface area (Å²) in [6.45, 7) is -0.576. The summed E-state index contributed by atoms with van der Waals surface area (Å²) in [5.74, 6) is -0.482. The van der Waals surface area contributed by atoms with E-state index in [1.807, 2.05) is 53.2 Å². The zero-order valence-corrected chi connectivity index (χ0v) is 14.2. The molecule has 0 radical (unpaired) electrons. The molecule has 0 aliphatic carbocycles. The van der Waals surface area contributed by atoms with E-state index < -0.39 is 12.5 Å². The highest BCUT2D eigenvalue weighted by Gasteiger charge is 2.15. The van der Waals surface area contributed by atoms with E-state index in [0.29, 0.717) is 16.7 Å². The number of hydrogen-bond acceptors (Lipinski definition) is 4. The molecular formula is C20H16N4O3. The Morgan fingerprint density at radius 3 is 2.56 bits per heavy atom. The van der Waals surface area contributed by atoms with E-state index in [1.165, 1.54) is 6.33 Å². The largest absolute Gasteiger partial charge is 0.387 e. The average molecular weight is 360 g/mol. The SMILES string of the molecule is O=C(CO)Nc1ccc(-c2cn(-c3ccccc3)c3nc[nH]c(=O)c23)cc1. The van der Waals surface area contributed by atoms with Gasteiger partial charge in [0.25, 0.3) is 5.56 Å². The van der Waals surface area contributed by atoms with Gasteiger partial charge in [0.15, 0.2) is 5.65 Å². The molecule has 2 aromatic heterocycles. The number of amides is 1. The maximum atomic E-state index is 12.5. The first-order valence-electron chi connectivity index (χ1n) is 8.32. The van der Waals surface area contributed by atoms with E-state index in [-0.39, 0.29) is 5.56 Å². The summed E-state index contributed by atoms with van der Waals surface area (Å²) < 4.78 is 1.88. The highest BCUT2D eigenvalue weighted by atomic mass is 16.3. The highest BCUT2D eigenvalue weighted by Crippen LogP contribution is 2.30. The molecular weight excluding hydrogens is 344 g/mol. The maximum Gasteiger partial charge on any atom is 0.260 e. The molecule has 0 spiro atoms. The van der Waals surface area contributed by atoms with Crippen LogP contribution in [-0.2, 0) is 4.79 Å². The number of aromatic amines is 1. The van der Waals surface area contributed by atoms with Crippen molar-refractivity contribution < 1.29 is 9.90 Å². The molecule has 134 valence electrons. The van der Waals surface area contributed by atoms with Gasteiger partial charge in [-0.05, 0) is 29.8 Å². The molecule has 0 saturated heterocycles. The van der Waals surface area contributed by atoms with Crippen LogP contribution in [0, 0.1) is 0 Å². The Labute approximate surface area is 153 Å². The van der Waals surface area contributed by atoms with Gasteiger partial charge in [-0.1, -0.05) is 30.3 Å². The number of hydrogen-bond donors (Lipinski definition) is 3. The predicted octanol–water partition coefficient (Wildman–Crippen LogP) is 2.31. The van der Waals surface area contributed by atoms with Crippen LogP contribution in [0.5, 0.6) is 0 Å². The molecule has 0 aliphatic heterocycles. The summed E-state index contributed by atoms with van der Waals surface area (Å²) in [6, 6.07) is 16.7. The molecule has 0 aliphatic rings. The van der Waals surface area contributed by atoms with Gasteiger partial charge in [0.2, 0.25) is 5.91 Å². The minimum Gasteiger partial charge on any atom is -0.387 e. The van der Waals surface area contributed by atoms with Crippen molar-refractivity contribution in [3.8, 4) is 16.8 Å². The number of benzene rings is 2. The number of rotatable bonds is 4. The van der Waals surface area contributed by atoms with Crippen molar-refractivity contribution in [1.82, 2.24) is 14.5 Å². The molecule has 0 atom stereocenters. The molecule has 7 heteroatoms. The Morgan fingerprint density at radius 1 is 1.11 bits per heavy atom. The molecule has 27 heavy (non-hydrogen) atoms. The van der Waals surface area contributed by atoms with Gasteiger partial charge < -0.3 is 20.0 Å². The quantitative estimate of drug-likeness (QED) is 0.520. The number of carbonyl (C=O) groups excluding carboxylic acids is 1. The van der Waals surface area contributed by atoms with Crippen molar-refractivity contribution >= 4 is 22.6 Å². The second-order valence-electron chi connectivity index (χ2n) is 5.96. The molecule has 3 N–H and O–H groups in total. The molecule has 0 unspecified atom stereocenters. The number of para-hydroxylation sites is 1. The second-order valence-corrected chi connectivity index (χ2v) is 5.96. The van der Waals surface area contributed by atoms with E-state index in [2.05, 4.69) is 15.3 Å². The predicted molar refractivity (Wildman–Crippen MR) is 103 cm³/mol. The molecule has 7 nitrogen and oxygen atoms in total. The zero-order chi connectivity index (χ0) is 18.8. The summed E-state index contributed by atoms with van der Waals surface area (Å²) in [7, 11) is 0. The fourth-order valence-corrected chi connectivity index (χ4v) is 3.01. The number of H-pyrrole nitrogens is 1. The fourth-order valence-electron chi connectivity index (χ4n) is 3.01. The van der Waals surface area contributed by atoms with Crippen LogP contribution >= 0.6 is 0 Å². The van der Waals surface area contributed by atoms with Crippen molar-refractivity contribution in [2.24, 2.45) is 0 Å². The topological polar surface area (TPSA) is 100 Å². The average Bonchev–Trinajstić information content (AvgIpc) is 3.10. The smallest absolute Gasteiger partial charge is 0.260 e. The van der Waals surface area contributed by atoms with Gasteiger partial charge in [0, 0.05) is 23.1 Å². The number of anilines is 1. The number of carbonyl (C=O) groups is 1. The van der Waals surface area contributed by atoms with Crippen molar-refractivity contribution in [2.75, 3.05) is 11.9 Å². The Bertz CT molecular complexity index is 1160. The van der Waals surface area contributed by atoms with Gasteiger partial charge in [0.05, 0.1) is 11.7 Å². The van der Waals surface area contributed by atoms with E-state index in [4.69, 9.17) is 5.11 Å². The van der Waals surface area contributed by atoms with E-state index >= 15 is 0 Å². The third kappa shape index (κ3) is 3.11. The number of fused-ring (bicyclic) bond motifs is 1. The molecule has 0 bridgehead atoms. The molecule has 0 fully saturated rings. The van der Waals surface area contributed by atoms with Crippen LogP contribution in [0.2, 0.25) is 0 Å². The molecule has 4 rings (SSSR count). The molecule has 0 saturated carbocycles. The van der Waals surface area contributed by atoms with Gasteiger partial charge in [0.1, 0.15) is 6.61 Å². The zero-order valence-electron chi connectivity index (χ0n) is 14.2. The lowest BCUT2D eigenvalue weighted by Gasteiger charge is -2.05. The first-order valence-corrected chi connectivity index (χ1v) is 8.32. The first-order chi connectivity index (χ1) is 13.2. The van der Waals surface area contributed by atoms with Gasteiger partial charge in [-0.25, -0.2) is 4.98 Å². The highest BCUT2D eigenvalue weighted by molar-refractivity contribution is 5.95. The minimum atomic E-state index is -0.576. The van der Waals surface area contributed by atoms with E-state index in [0.717, 1.165) is 16.8 Å². The maximum absolute atomic E-state index is 12.5. The van der Waals surface area contributed by atoms with Crippen LogP contribution in [0.3, 0.4) is 0 Å². The number of aliphatic hydroxyl groups is 1. The number of nitrogens with one attached hydrogen (secondary N) is 2. The number of aromatic nitrogens is 3. The molecule has 2 aromatic carbocycles. The molecule has 2 heterocycles. The molecule has 1 amide bonds. The fraction of sp³-hybridized carbons (Fsp3) is 0.0500. The monoisotopic (exact) mass is 360 g/mol. The lowest BCUT2D eigenvalue weighted by Crippen LogP contribution is -2.15. The minimum absolute atomic E-state index is 0.220. The Hall–Kier alpha value is -3.71. The normalized spacial score (nSPS) is 10.9. The summed E-state index contributed by atoms with van der Waals surface area (Å²) >= 11 is 0. The van der Waals surface area contributed by atoms with E-state index in [1.54, 1.807) is 12.1 Å². The standard InChI is InChI=1S/C20H16N4O3/c25-11-17(26)23-14-8-6-13(7-9-14)16-10-24(15-4-2-1-3-5-15)19-18(16)20(27)22-12-21-19/h1-10,12,25H,11H2,(H,23,26)(H,21,22,27). The number of aliphatic hydroxyl groups excluding tert-OH is 1. The van der Waals surface area contributed by atoms with Gasteiger partial charge in [-0.3, -0.25) is 9.59 Å². The van der Waals surface area contributed by atoms with Gasteiger partial charge in [-0.15, -0.1) is 0 Å². The summed E-state index contributed by atoms with van der Waals surface area (Å²) in [5, 5.41) is 11.9. The van der Waals surface area contributed by atoms with Crippen LogP contribution in [0.15, 0.2) is 71.9 Å². The summed E-state index contributed by atoms with van der Waals surface area (Å²) in [5.41, 5.74) is 3.37. The Balaban J connectivity index is 1.85. The Morgan fingerprint density at radius 2 is 1.85 bits per heavy atom. The van der Waals surface area contributed by atoms with Crippen molar-refractivity contribution in [1.29, 1.82) is 0 Å². The van der Waals surface area contributed by atoms with Crippen molar-refractivity contribution in [3.63, 3.8) is 0 Å². The summed E-state index contributed by atoms with van der Waals surface area (Å²) in [6.07, 6.45) is 3.27. The second kappa shape index (κ2) is 6.89. The van der Waals surface area contributed by atoms with Gasteiger partial charge >= 0.3 is 0 Å². The van der Waals surface area contributed by atoms with Crippen molar-refractivity contribution in [3.05, 3.63) is 77.5 Å². The Kier molecular flexibility index (Phi) is 4.27. The summed E-state index contributed by atoms with van der Waals surface area (Å²) in [4.78, 5) is 30.8. The first kappa shape index (κ1) is 16.7. The third-order valence-corrected chi connectivity index (χ3v) is 4.25. The van der Waals surface area contributed by atoms with Crippen molar-refractivity contribution in [2.45, 2.75) is 0 Å². The van der Waals surface area contributed by atoms with Gasteiger partial charge in [-0.2, -0.15) is 0 Å².